The van der Waals surface area contributed by atoms with E-state index in [2.05, 4.69) is 10.3 Å². The largest absolute Gasteiger partial charge is 0.449 e. The van der Waals surface area contributed by atoms with Gasteiger partial charge in [-0.1, -0.05) is 17.7 Å². The van der Waals surface area contributed by atoms with E-state index in [1.165, 1.54) is 0 Å². The molecule has 0 radical (unpaired) electrons. The van der Waals surface area contributed by atoms with Crippen molar-refractivity contribution < 1.29 is 9.21 Å². The monoisotopic (exact) mass is 230 g/mol. The number of hydrogen-bond donors (Lipinski definition) is 1. The maximum Gasteiger partial charge on any atom is 0.251 e. The first-order valence-corrected chi connectivity index (χ1v) is 5.41. The van der Waals surface area contributed by atoms with Crippen LogP contribution in [0.5, 0.6) is 0 Å². The summed E-state index contributed by atoms with van der Waals surface area (Å²) in [6, 6.07) is 7.43. The van der Waals surface area contributed by atoms with E-state index in [1.807, 2.05) is 19.1 Å². The Morgan fingerprint density at radius 3 is 2.59 bits per heavy atom. The van der Waals surface area contributed by atoms with E-state index < -0.39 is 0 Å². The van der Waals surface area contributed by atoms with Crippen LogP contribution < -0.4 is 5.32 Å². The Hall–Kier alpha value is -2.10. The zero-order chi connectivity index (χ0) is 12.3. The van der Waals surface area contributed by atoms with E-state index in [-0.39, 0.29) is 5.91 Å². The summed E-state index contributed by atoms with van der Waals surface area (Å²) in [4.78, 5) is 15.9. The van der Waals surface area contributed by atoms with Gasteiger partial charge in [-0.05, 0) is 19.1 Å². The second-order valence-electron chi connectivity index (χ2n) is 3.91. The molecule has 0 aliphatic rings. The molecule has 0 saturated heterocycles. The first kappa shape index (κ1) is 11.4. The van der Waals surface area contributed by atoms with Gasteiger partial charge in [0.05, 0.1) is 12.2 Å². The first-order valence-electron chi connectivity index (χ1n) is 5.41. The van der Waals surface area contributed by atoms with Crippen molar-refractivity contribution in [2.75, 3.05) is 0 Å². The average Bonchev–Trinajstić information content (AvgIpc) is 2.73. The lowest BCUT2D eigenvalue weighted by Gasteiger charge is -2.03. The molecule has 0 fully saturated rings. The van der Waals surface area contributed by atoms with Gasteiger partial charge in [-0.25, -0.2) is 4.98 Å². The number of oxazole rings is 1. The van der Waals surface area contributed by atoms with Gasteiger partial charge in [0, 0.05) is 12.5 Å². The molecule has 17 heavy (non-hydrogen) atoms. The van der Waals surface area contributed by atoms with Crippen LogP contribution in [0.15, 0.2) is 34.9 Å². The number of nitrogens with one attached hydrogen (secondary N) is 1. The van der Waals surface area contributed by atoms with E-state index in [0.717, 1.165) is 11.3 Å². The van der Waals surface area contributed by atoms with E-state index in [4.69, 9.17) is 4.42 Å². The van der Waals surface area contributed by atoms with Crippen LogP contribution >= 0.6 is 0 Å². The Morgan fingerprint density at radius 2 is 2.00 bits per heavy atom. The van der Waals surface area contributed by atoms with Crippen LogP contribution in [-0.4, -0.2) is 10.9 Å². The number of amides is 1. The van der Waals surface area contributed by atoms with Crippen molar-refractivity contribution in [1.29, 1.82) is 0 Å². The third kappa shape index (κ3) is 2.93. The zero-order valence-corrected chi connectivity index (χ0v) is 9.86. The third-order valence-corrected chi connectivity index (χ3v) is 2.41. The summed E-state index contributed by atoms with van der Waals surface area (Å²) in [6.07, 6.45) is 1.55. The SMILES string of the molecule is Cc1ccc(C(=O)NCc2coc(C)n2)cc1. The fourth-order valence-corrected chi connectivity index (χ4v) is 1.47. The predicted octanol–water partition coefficient (Wildman–Crippen LogP) is 2.22. The summed E-state index contributed by atoms with van der Waals surface area (Å²) >= 11 is 0. The average molecular weight is 230 g/mol. The van der Waals surface area contributed by atoms with Crippen molar-refractivity contribution in [2.24, 2.45) is 0 Å². The summed E-state index contributed by atoms with van der Waals surface area (Å²) in [5, 5.41) is 2.79. The lowest BCUT2D eigenvalue weighted by atomic mass is 10.1. The molecule has 2 rings (SSSR count). The number of rotatable bonds is 3. The Bertz CT molecular complexity index is 514. The number of carbonyl (C=O) groups excluding carboxylic acids is 1. The van der Waals surface area contributed by atoms with Crippen molar-refractivity contribution >= 4 is 5.91 Å². The standard InChI is InChI=1S/C13H14N2O2/c1-9-3-5-11(6-4-9)13(16)14-7-12-8-17-10(2)15-12/h3-6,8H,7H2,1-2H3,(H,14,16). The van der Waals surface area contributed by atoms with Gasteiger partial charge < -0.3 is 9.73 Å². The molecule has 0 aliphatic heterocycles. The van der Waals surface area contributed by atoms with Gasteiger partial charge in [-0.2, -0.15) is 0 Å². The second kappa shape index (κ2) is 4.82. The molecule has 0 unspecified atom stereocenters. The molecule has 1 amide bonds. The highest BCUT2D eigenvalue weighted by Gasteiger charge is 2.06. The molecule has 0 saturated carbocycles. The maximum absolute atomic E-state index is 11.8. The fraction of sp³-hybridized carbons (Fsp3) is 0.231. The molecule has 0 bridgehead atoms. The van der Waals surface area contributed by atoms with Gasteiger partial charge in [-0.15, -0.1) is 0 Å². The Morgan fingerprint density at radius 1 is 1.29 bits per heavy atom. The van der Waals surface area contributed by atoms with Gasteiger partial charge in [0.25, 0.3) is 5.91 Å². The lowest BCUT2D eigenvalue weighted by molar-refractivity contribution is 0.0950. The van der Waals surface area contributed by atoms with E-state index in [1.54, 1.807) is 25.3 Å². The summed E-state index contributed by atoms with van der Waals surface area (Å²) in [5.74, 6) is 0.496. The van der Waals surface area contributed by atoms with E-state index in [0.29, 0.717) is 18.0 Å². The van der Waals surface area contributed by atoms with Crippen LogP contribution in [0.2, 0.25) is 0 Å². The van der Waals surface area contributed by atoms with Crippen LogP contribution in [0.3, 0.4) is 0 Å². The van der Waals surface area contributed by atoms with Gasteiger partial charge in [0.1, 0.15) is 6.26 Å². The van der Waals surface area contributed by atoms with Crippen LogP contribution in [0, 0.1) is 13.8 Å². The molecule has 1 aromatic carbocycles. The quantitative estimate of drug-likeness (QED) is 0.879. The van der Waals surface area contributed by atoms with E-state index in [9.17, 15) is 4.79 Å². The van der Waals surface area contributed by atoms with Crippen molar-refractivity contribution in [3.8, 4) is 0 Å². The Labute approximate surface area is 99.7 Å². The van der Waals surface area contributed by atoms with Crippen LogP contribution in [0.4, 0.5) is 0 Å². The molecule has 4 nitrogen and oxygen atoms in total. The van der Waals surface area contributed by atoms with Gasteiger partial charge in [-0.3, -0.25) is 4.79 Å². The number of carbonyl (C=O) groups is 1. The van der Waals surface area contributed by atoms with E-state index >= 15 is 0 Å². The van der Waals surface area contributed by atoms with Crippen molar-refractivity contribution in [1.82, 2.24) is 10.3 Å². The highest BCUT2D eigenvalue weighted by Crippen LogP contribution is 2.04. The normalized spacial score (nSPS) is 10.2. The van der Waals surface area contributed by atoms with Crippen LogP contribution in [-0.2, 0) is 6.54 Å². The van der Waals surface area contributed by atoms with Crippen LogP contribution in [0.1, 0.15) is 27.5 Å². The minimum atomic E-state index is -0.106. The smallest absolute Gasteiger partial charge is 0.251 e. The van der Waals surface area contributed by atoms with Gasteiger partial charge in [0.15, 0.2) is 5.89 Å². The minimum Gasteiger partial charge on any atom is -0.449 e. The Kier molecular flexibility index (Phi) is 3.23. The van der Waals surface area contributed by atoms with Gasteiger partial charge in [0.2, 0.25) is 0 Å². The highest BCUT2D eigenvalue weighted by atomic mass is 16.3. The highest BCUT2D eigenvalue weighted by molar-refractivity contribution is 5.94. The zero-order valence-electron chi connectivity index (χ0n) is 9.86. The third-order valence-electron chi connectivity index (χ3n) is 2.41. The molecule has 1 aromatic heterocycles. The minimum absolute atomic E-state index is 0.106. The maximum atomic E-state index is 11.8. The fourth-order valence-electron chi connectivity index (χ4n) is 1.47. The van der Waals surface area contributed by atoms with Crippen molar-refractivity contribution in [2.45, 2.75) is 20.4 Å². The number of aryl methyl sites for hydroxylation is 2. The summed E-state index contributed by atoms with van der Waals surface area (Å²) in [5.41, 5.74) is 2.51. The molecular weight excluding hydrogens is 216 g/mol. The number of hydrogen-bond acceptors (Lipinski definition) is 3. The first-order chi connectivity index (χ1) is 8.15. The number of aromatic nitrogens is 1. The van der Waals surface area contributed by atoms with Crippen molar-refractivity contribution in [3.63, 3.8) is 0 Å². The number of benzene rings is 1. The lowest BCUT2D eigenvalue weighted by Crippen LogP contribution is -2.22. The molecule has 2 aromatic rings. The molecule has 0 spiro atoms. The molecule has 1 heterocycles. The molecule has 88 valence electrons. The Balaban J connectivity index is 1.95. The molecule has 4 heteroatoms. The molecule has 0 aliphatic carbocycles. The van der Waals surface area contributed by atoms with Crippen molar-refractivity contribution in [3.05, 3.63) is 53.2 Å². The summed E-state index contributed by atoms with van der Waals surface area (Å²) < 4.78 is 5.06. The molecule has 0 atom stereocenters. The summed E-state index contributed by atoms with van der Waals surface area (Å²) in [6.45, 7) is 4.13. The topological polar surface area (TPSA) is 55.1 Å². The van der Waals surface area contributed by atoms with Gasteiger partial charge >= 0.3 is 0 Å². The summed E-state index contributed by atoms with van der Waals surface area (Å²) in [7, 11) is 0. The molecule has 1 N–H and O–H groups in total. The molecular formula is C13H14N2O2. The van der Waals surface area contributed by atoms with Crippen LogP contribution in [0.25, 0.3) is 0 Å². The predicted molar refractivity (Wildman–Crippen MR) is 63.6 cm³/mol. The second-order valence-corrected chi connectivity index (χ2v) is 3.91. The number of nitrogens with zero attached hydrogens (tertiary/aromatic N) is 1.